The highest BCUT2D eigenvalue weighted by atomic mass is 16.5. The van der Waals surface area contributed by atoms with Crippen LogP contribution in [-0.2, 0) is 0 Å². The van der Waals surface area contributed by atoms with Crippen molar-refractivity contribution >= 4 is 5.69 Å². The molecule has 0 saturated heterocycles. The number of rotatable bonds is 7. The summed E-state index contributed by atoms with van der Waals surface area (Å²) in [7, 11) is 0. The van der Waals surface area contributed by atoms with Gasteiger partial charge in [-0.1, -0.05) is 32.3 Å². The van der Waals surface area contributed by atoms with Gasteiger partial charge in [-0.2, -0.15) is 5.26 Å². The normalized spacial score (nSPS) is 21.5. The Bertz CT molecular complexity index is 467. The number of nitrogens with zero attached hydrogens (tertiary/aromatic N) is 1. The van der Waals surface area contributed by atoms with E-state index in [-0.39, 0.29) is 0 Å². The lowest BCUT2D eigenvalue weighted by atomic mass is 9.83. The van der Waals surface area contributed by atoms with Crippen molar-refractivity contribution in [2.24, 2.45) is 5.92 Å². The van der Waals surface area contributed by atoms with Gasteiger partial charge in [-0.3, -0.25) is 0 Å². The molecule has 3 nitrogen and oxygen atoms in total. The molecule has 3 heteroatoms. The third kappa shape index (κ3) is 4.97. The predicted molar refractivity (Wildman–Crippen MR) is 86.4 cm³/mol. The van der Waals surface area contributed by atoms with E-state index in [0.29, 0.717) is 19.1 Å². The molecule has 1 aromatic rings. The summed E-state index contributed by atoms with van der Waals surface area (Å²) in [5, 5.41) is 12.2. The first-order valence-corrected chi connectivity index (χ1v) is 8.20. The van der Waals surface area contributed by atoms with Crippen molar-refractivity contribution in [1.29, 1.82) is 5.26 Å². The lowest BCUT2D eigenvalue weighted by Crippen LogP contribution is -2.31. The first-order valence-electron chi connectivity index (χ1n) is 8.20. The fourth-order valence-electron chi connectivity index (χ4n) is 3.12. The molecular formula is C18H26N2O. The summed E-state index contributed by atoms with van der Waals surface area (Å²) < 4.78 is 5.70. The standard InChI is InChI=1S/C18H26N2O/c1-2-15-8-3-4-11-18(15)20-16-9-7-10-17(14-16)21-13-6-5-12-19/h7,9-10,14-15,18,20H,2-6,8,11,13H2,1H3. The molecule has 0 spiro atoms. The SMILES string of the molecule is CCC1CCCCC1Nc1cccc(OCCCC#N)c1. The third-order valence-corrected chi connectivity index (χ3v) is 4.32. The van der Waals surface area contributed by atoms with Gasteiger partial charge in [0.1, 0.15) is 5.75 Å². The van der Waals surface area contributed by atoms with E-state index in [1.807, 2.05) is 12.1 Å². The zero-order valence-corrected chi connectivity index (χ0v) is 13.0. The number of hydrogen-bond acceptors (Lipinski definition) is 3. The Morgan fingerprint density at radius 3 is 3.00 bits per heavy atom. The number of benzene rings is 1. The average molecular weight is 286 g/mol. The first-order chi connectivity index (χ1) is 10.3. The molecule has 1 N–H and O–H groups in total. The van der Waals surface area contributed by atoms with Gasteiger partial charge in [0.25, 0.3) is 0 Å². The molecule has 114 valence electrons. The molecule has 1 aliphatic rings. The van der Waals surface area contributed by atoms with E-state index < -0.39 is 0 Å². The van der Waals surface area contributed by atoms with Crippen LogP contribution < -0.4 is 10.1 Å². The van der Waals surface area contributed by atoms with E-state index in [2.05, 4.69) is 30.4 Å². The van der Waals surface area contributed by atoms with Crippen LogP contribution in [0.15, 0.2) is 24.3 Å². The molecule has 0 heterocycles. The summed E-state index contributed by atoms with van der Waals surface area (Å²) in [4.78, 5) is 0. The van der Waals surface area contributed by atoms with Crippen molar-refractivity contribution in [3.63, 3.8) is 0 Å². The van der Waals surface area contributed by atoms with Crippen LogP contribution in [0.1, 0.15) is 51.9 Å². The Hall–Kier alpha value is -1.69. The smallest absolute Gasteiger partial charge is 0.121 e. The zero-order valence-electron chi connectivity index (χ0n) is 13.0. The predicted octanol–water partition coefficient (Wildman–Crippen LogP) is 4.75. The van der Waals surface area contributed by atoms with Gasteiger partial charge in [0.05, 0.1) is 12.7 Å². The molecule has 2 unspecified atom stereocenters. The van der Waals surface area contributed by atoms with Gasteiger partial charge >= 0.3 is 0 Å². The highest BCUT2D eigenvalue weighted by Crippen LogP contribution is 2.30. The van der Waals surface area contributed by atoms with Crippen molar-refractivity contribution in [3.8, 4) is 11.8 Å². The molecule has 21 heavy (non-hydrogen) atoms. The number of ether oxygens (including phenoxy) is 1. The molecule has 0 bridgehead atoms. The number of unbranched alkanes of at least 4 members (excludes halogenated alkanes) is 1. The molecule has 1 fully saturated rings. The van der Waals surface area contributed by atoms with Crippen molar-refractivity contribution in [2.75, 3.05) is 11.9 Å². The minimum absolute atomic E-state index is 0.554. The van der Waals surface area contributed by atoms with Crippen LogP contribution >= 0.6 is 0 Å². The van der Waals surface area contributed by atoms with Crippen molar-refractivity contribution < 1.29 is 4.74 Å². The highest BCUT2D eigenvalue weighted by Gasteiger charge is 2.23. The van der Waals surface area contributed by atoms with E-state index in [1.165, 1.54) is 32.1 Å². The summed E-state index contributed by atoms with van der Waals surface area (Å²) in [6, 6.07) is 10.9. The number of hydrogen-bond donors (Lipinski definition) is 1. The fourth-order valence-corrected chi connectivity index (χ4v) is 3.12. The average Bonchev–Trinajstić information content (AvgIpc) is 2.52. The van der Waals surface area contributed by atoms with Crippen LogP contribution in [-0.4, -0.2) is 12.6 Å². The van der Waals surface area contributed by atoms with Crippen molar-refractivity contribution in [3.05, 3.63) is 24.3 Å². The van der Waals surface area contributed by atoms with Crippen LogP contribution in [0.3, 0.4) is 0 Å². The zero-order chi connectivity index (χ0) is 14.9. The monoisotopic (exact) mass is 286 g/mol. The van der Waals surface area contributed by atoms with Gasteiger partial charge in [0.2, 0.25) is 0 Å². The largest absolute Gasteiger partial charge is 0.493 e. The second-order valence-corrected chi connectivity index (χ2v) is 5.84. The fraction of sp³-hybridized carbons (Fsp3) is 0.611. The number of nitrogens with one attached hydrogen (secondary N) is 1. The Morgan fingerprint density at radius 1 is 1.33 bits per heavy atom. The van der Waals surface area contributed by atoms with Crippen molar-refractivity contribution in [2.45, 2.75) is 57.9 Å². The summed E-state index contributed by atoms with van der Waals surface area (Å²) in [5.41, 5.74) is 1.15. The molecule has 0 aromatic heterocycles. The number of anilines is 1. The maximum absolute atomic E-state index is 8.52. The molecule has 1 aliphatic carbocycles. The maximum Gasteiger partial charge on any atom is 0.121 e. The molecule has 1 aromatic carbocycles. The van der Waals surface area contributed by atoms with Gasteiger partial charge in [-0.25, -0.2) is 0 Å². The van der Waals surface area contributed by atoms with Crippen LogP contribution in [0.4, 0.5) is 5.69 Å². The van der Waals surface area contributed by atoms with Gasteiger partial charge in [0.15, 0.2) is 0 Å². The van der Waals surface area contributed by atoms with Crippen LogP contribution in [0.2, 0.25) is 0 Å². The Kier molecular flexibility index (Phi) is 6.40. The molecule has 2 rings (SSSR count). The lowest BCUT2D eigenvalue weighted by molar-refractivity contribution is 0.311. The van der Waals surface area contributed by atoms with E-state index in [1.54, 1.807) is 0 Å². The van der Waals surface area contributed by atoms with Crippen LogP contribution in [0.25, 0.3) is 0 Å². The summed E-state index contributed by atoms with van der Waals surface area (Å²) in [6.45, 7) is 2.90. The van der Waals surface area contributed by atoms with Gasteiger partial charge in [-0.05, 0) is 37.3 Å². The molecule has 0 radical (unpaired) electrons. The van der Waals surface area contributed by atoms with Gasteiger partial charge in [-0.15, -0.1) is 0 Å². The molecule has 2 atom stereocenters. The van der Waals surface area contributed by atoms with Crippen LogP contribution in [0.5, 0.6) is 5.75 Å². The molecule has 0 aliphatic heterocycles. The highest BCUT2D eigenvalue weighted by molar-refractivity contribution is 5.49. The van der Waals surface area contributed by atoms with Gasteiger partial charge < -0.3 is 10.1 Å². The first kappa shape index (κ1) is 15.7. The Labute approximate surface area is 128 Å². The lowest BCUT2D eigenvalue weighted by Gasteiger charge is -2.32. The minimum atomic E-state index is 0.554. The van der Waals surface area contributed by atoms with E-state index in [4.69, 9.17) is 10.00 Å². The topological polar surface area (TPSA) is 45.0 Å². The second-order valence-electron chi connectivity index (χ2n) is 5.84. The molecule has 1 saturated carbocycles. The summed E-state index contributed by atoms with van der Waals surface area (Å²) >= 11 is 0. The quantitative estimate of drug-likeness (QED) is 0.736. The van der Waals surface area contributed by atoms with Gasteiger partial charge in [0, 0.05) is 24.2 Å². The summed E-state index contributed by atoms with van der Waals surface area (Å²) in [5.74, 6) is 1.68. The Morgan fingerprint density at radius 2 is 2.19 bits per heavy atom. The van der Waals surface area contributed by atoms with E-state index >= 15 is 0 Å². The number of nitriles is 1. The molecular weight excluding hydrogens is 260 g/mol. The van der Waals surface area contributed by atoms with E-state index in [9.17, 15) is 0 Å². The second kappa shape index (κ2) is 8.56. The third-order valence-electron chi connectivity index (χ3n) is 4.32. The molecule has 0 amide bonds. The summed E-state index contributed by atoms with van der Waals surface area (Å²) in [6.07, 6.45) is 7.91. The van der Waals surface area contributed by atoms with E-state index in [0.717, 1.165) is 23.8 Å². The van der Waals surface area contributed by atoms with Crippen molar-refractivity contribution in [1.82, 2.24) is 0 Å². The minimum Gasteiger partial charge on any atom is -0.493 e. The van der Waals surface area contributed by atoms with Crippen LogP contribution in [0, 0.1) is 17.2 Å². The Balaban J connectivity index is 1.89. The maximum atomic E-state index is 8.52.